The quantitative estimate of drug-likeness (QED) is 0.862. The zero-order chi connectivity index (χ0) is 13.5. The highest BCUT2D eigenvalue weighted by Gasteiger charge is 2.04. The van der Waals surface area contributed by atoms with Gasteiger partial charge in [0.15, 0.2) is 0 Å². The fourth-order valence-electron chi connectivity index (χ4n) is 1.89. The molecule has 2 aromatic rings. The molecule has 19 heavy (non-hydrogen) atoms. The third kappa shape index (κ3) is 4.07. The van der Waals surface area contributed by atoms with Gasteiger partial charge in [-0.2, -0.15) is 0 Å². The van der Waals surface area contributed by atoms with Gasteiger partial charge in [0.25, 0.3) is 0 Å². The second-order valence-corrected chi connectivity index (χ2v) is 4.54. The molecule has 0 aliphatic heterocycles. The van der Waals surface area contributed by atoms with Crippen LogP contribution in [-0.2, 0) is 13.2 Å². The molecule has 0 spiro atoms. The van der Waals surface area contributed by atoms with E-state index in [0.29, 0.717) is 6.61 Å². The lowest BCUT2D eigenvalue weighted by Crippen LogP contribution is -2.13. The SMILES string of the molecule is CCNCc1cc(C)ccc1OCc1cccnc1. The van der Waals surface area contributed by atoms with Crippen molar-refractivity contribution >= 4 is 0 Å². The first kappa shape index (κ1) is 13.6. The number of nitrogens with one attached hydrogen (secondary N) is 1. The molecule has 0 fully saturated rings. The number of hydrogen-bond donors (Lipinski definition) is 1. The van der Waals surface area contributed by atoms with Crippen LogP contribution in [0.4, 0.5) is 0 Å². The van der Waals surface area contributed by atoms with Crippen LogP contribution >= 0.6 is 0 Å². The summed E-state index contributed by atoms with van der Waals surface area (Å²) in [5, 5.41) is 3.34. The van der Waals surface area contributed by atoms with Crippen molar-refractivity contribution in [2.24, 2.45) is 0 Å². The van der Waals surface area contributed by atoms with E-state index < -0.39 is 0 Å². The first-order valence-corrected chi connectivity index (χ1v) is 6.61. The van der Waals surface area contributed by atoms with E-state index >= 15 is 0 Å². The van der Waals surface area contributed by atoms with Gasteiger partial charge < -0.3 is 10.1 Å². The van der Waals surface area contributed by atoms with Gasteiger partial charge in [0.05, 0.1) is 0 Å². The van der Waals surface area contributed by atoms with Gasteiger partial charge in [-0.25, -0.2) is 0 Å². The van der Waals surface area contributed by atoms with Gasteiger partial charge in [-0.3, -0.25) is 4.98 Å². The molecule has 0 atom stereocenters. The Bertz CT molecular complexity index is 511. The molecule has 3 heteroatoms. The van der Waals surface area contributed by atoms with E-state index in [0.717, 1.165) is 24.4 Å². The van der Waals surface area contributed by atoms with Crippen LogP contribution in [0.5, 0.6) is 5.75 Å². The molecule has 0 saturated heterocycles. The summed E-state index contributed by atoms with van der Waals surface area (Å²) in [6.07, 6.45) is 3.60. The number of ether oxygens (including phenoxy) is 1. The monoisotopic (exact) mass is 256 g/mol. The molecule has 0 saturated carbocycles. The summed E-state index contributed by atoms with van der Waals surface area (Å²) < 4.78 is 5.90. The molecule has 0 unspecified atom stereocenters. The fraction of sp³-hybridized carbons (Fsp3) is 0.312. The minimum atomic E-state index is 0.552. The second-order valence-electron chi connectivity index (χ2n) is 4.54. The average Bonchev–Trinajstić information content (AvgIpc) is 2.45. The summed E-state index contributed by atoms with van der Waals surface area (Å²) >= 11 is 0. The molecule has 1 aromatic carbocycles. The molecule has 100 valence electrons. The smallest absolute Gasteiger partial charge is 0.124 e. The van der Waals surface area contributed by atoms with Crippen molar-refractivity contribution < 1.29 is 4.74 Å². The van der Waals surface area contributed by atoms with Gasteiger partial charge in [-0.1, -0.05) is 30.7 Å². The normalized spacial score (nSPS) is 10.4. The van der Waals surface area contributed by atoms with Gasteiger partial charge in [0.2, 0.25) is 0 Å². The van der Waals surface area contributed by atoms with Crippen LogP contribution in [0.25, 0.3) is 0 Å². The predicted molar refractivity (Wildman–Crippen MR) is 77.1 cm³/mol. The van der Waals surface area contributed by atoms with Crippen LogP contribution in [-0.4, -0.2) is 11.5 Å². The number of rotatable bonds is 6. The lowest BCUT2D eigenvalue weighted by atomic mass is 10.1. The number of aromatic nitrogens is 1. The third-order valence-electron chi connectivity index (χ3n) is 2.90. The van der Waals surface area contributed by atoms with Gasteiger partial charge in [0.1, 0.15) is 12.4 Å². The Morgan fingerprint density at radius 3 is 2.89 bits per heavy atom. The van der Waals surface area contributed by atoms with Gasteiger partial charge in [-0.05, 0) is 25.6 Å². The molecule has 3 nitrogen and oxygen atoms in total. The lowest BCUT2D eigenvalue weighted by molar-refractivity contribution is 0.301. The van der Waals surface area contributed by atoms with Gasteiger partial charge in [0, 0.05) is 30.1 Å². The Hall–Kier alpha value is -1.87. The molecule has 0 bridgehead atoms. The van der Waals surface area contributed by atoms with Crippen LogP contribution in [0.2, 0.25) is 0 Å². The molecule has 0 aliphatic carbocycles. The Kier molecular flexibility index (Phi) is 4.93. The fourth-order valence-corrected chi connectivity index (χ4v) is 1.89. The minimum Gasteiger partial charge on any atom is -0.489 e. The van der Waals surface area contributed by atoms with E-state index in [1.54, 1.807) is 6.20 Å². The molecule has 1 N–H and O–H groups in total. The predicted octanol–water partition coefficient (Wildman–Crippen LogP) is 3.08. The van der Waals surface area contributed by atoms with Crippen LogP contribution in [0.3, 0.4) is 0 Å². The molecule has 0 radical (unpaired) electrons. The second kappa shape index (κ2) is 6.90. The van der Waals surface area contributed by atoms with Crippen molar-refractivity contribution in [1.29, 1.82) is 0 Å². The summed E-state index contributed by atoms with van der Waals surface area (Å²) in [6.45, 7) is 6.54. The van der Waals surface area contributed by atoms with Crippen LogP contribution < -0.4 is 10.1 Å². The number of benzene rings is 1. The number of aryl methyl sites for hydroxylation is 1. The van der Waals surface area contributed by atoms with E-state index in [1.165, 1.54) is 11.1 Å². The molecule has 2 rings (SSSR count). The van der Waals surface area contributed by atoms with E-state index in [4.69, 9.17) is 4.74 Å². The van der Waals surface area contributed by atoms with E-state index in [9.17, 15) is 0 Å². The van der Waals surface area contributed by atoms with Crippen molar-refractivity contribution in [3.8, 4) is 5.75 Å². The van der Waals surface area contributed by atoms with Crippen molar-refractivity contribution in [2.75, 3.05) is 6.54 Å². The summed E-state index contributed by atoms with van der Waals surface area (Å²) in [4.78, 5) is 4.09. The van der Waals surface area contributed by atoms with E-state index in [-0.39, 0.29) is 0 Å². The molecule has 0 amide bonds. The van der Waals surface area contributed by atoms with Crippen LogP contribution in [0.1, 0.15) is 23.6 Å². The molecule has 1 aromatic heterocycles. The maximum Gasteiger partial charge on any atom is 0.124 e. The first-order valence-electron chi connectivity index (χ1n) is 6.61. The van der Waals surface area contributed by atoms with Gasteiger partial charge in [-0.15, -0.1) is 0 Å². The minimum absolute atomic E-state index is 0.552. The molecule has 0 aliphatic rings. The van der Waals surface area contributed by atoms with E-state index in [2.05, 4.69) is 36.3 Å². The highest BCUT2D eigenvalue weighted by Crippen LogP contribution is 2.21. The Labute approximate surface area is 114 Å². The Morgan fingerprint density at radius 2 is 2.16 bits per heavy atom. The van der Waals surface area contributed by atoms with Crippen molar-refractivity contribution in [3.05, 3.63) is 59.4 Å². The summed E-state index contributed by atoms with van der Waals surface area (Å²) in [6, 6.07) is 10.2. The van der Waals surface area contributed by atoms with Crippen molar-refractivity contribution in [3.63, 3.8) is 0 Å². The average molecular weight is 256 g/mol. The highest BCUT2D eigenvalue weighted by atomic mass is 16.5. The third-order valence-corrected chi connectivity index (χ3v) is 2.90. The summed E-state index contributed by atoms with van der Waals surface area (Å²) in [5.41, 5.74) is 3.53. The zero-order valence-electron chi connectivity index (χ0n) is 11.5. The Balaban J connectivity index is 2.06. The zero-order valence-corrected chi connectivity index (χ0v) is 11.5. The van der Waals surface area contributed by atoms with Crippen molar-refractivity contribution in [2.45, 2.75) is 27.0 Å². The number of pyridine rings is 1. The summed E-state index contributed by atoms with van der Waals surface area (Å²) in [5.74, 6) is 0.940. The highest BCUT2D eigenvalue weighted by molar-refractivity contribution is 5.37. The first-order chi connectivity index (χ1) is 9.29. The topological polar surface area (TPSA) is 34.1 Å². The van der Waals surface area contributed by atoms with Crippen molar-refractivity contribution in [1.82, 2.24) is 10.3 Å². The number of hydrogen-bond acceptors (Lipinski definition) is 3. The Morgan fingerprint density at radius 1 is 1.26 bits per heavy atom. The maximum absolute atomic E-state index is 5.90. The molecule has 1 heterocycles. The van der Waals surface area contributed by atoms with Crippen LogP contribution in [0, 0.1) is 6.92 Å². The molecular formula is C16H20N2O. The standard InChI is InChI=1S/C16H20N2O/c1-3-17-11-15-9-13(2)6-7-16(15)19-12-14-5-4-8-18-10-14/h4-10,17H,3,11-12H2,1-2H3. The molecular weight excluding hydrogens is 236 g/mol. The lowest BCUT2D eigenvalue weighted by Gasteiger charge is -2.12. The largest absolute Gasteiger partial charge is 0.489 e. The summed E-state index contributed by atoms with van der Waals surface area (Å²) in [7, 11) is 0. The number of nitrogens with zero attached hydrogens (tertiary/aromatic N) is 1. The van der Waals surface area contributed by atoms with Gasteiger partial charge >= 0.3 is 0 Å². The van der Waals surface area contributed by atoms with Crippen LogP contribution in [0.15, 0.2) is 42.7 Å². The van der Waals surface area contributed by atoms with E-state index in [1.807, 2.05) is 24.4 Å². The maximum atomic E-state index is 5.90.